The van der Waals surface area contributed by atoms with Gasteiger partial charge in [0, 0.05) is 24.9 Å². The van der Waals surface area contributed by atoms with Gasteiger partial charge in [0.15, 0.2) is 5.79 Å². The molecule has 2 aliphatic heterocycles. The molecule has 0 amide bonds. The summed E-state index contributed by atoms with van der Waals surface area (Å²) in [5.74, 6) is 0.214. The lowest BCUT2D eigenvalue weighted by Crippen LogP contribution is -2.55. The predicted molar refractivity (Wildman–Crippen MR) is 87.4 cm³/mol. The van der Waals surface area contributed by atoms with Gasteiger partial charge in [-0.25, -0.2) is 0 Å². The van der Waals surface area contributed by atoms with E-state index in [9.17, 15) is 0 Å². The van der Waals surface area contributed by atoms with Gasteiger partial charge in [0.2, 0.25) is 0 Å². The summed E-state index contributed by atoms with van der Waals surface area (Å²) in [7, 11) is 0. The molecule has 3 atom stereocenters. The minimum absolute atomic E-state index is 0.0302. The van der Waals surface area contributed by atoms with Gasteiger partial charge < -0.3 is 14.8 Å². The maximum atomic E-state index is 6.58. The third-order valence-corrected chi connectivity index (χ3v) is 5.20. The first kappa shape index (κ1) is 17.2. The van der Waals surface area contributed by atoms with E-state index in [1.807, 2.05) is 0 Å². The summed E-state index contributed by atoms with van der Waals surface area (Å²) in [6.07, 6.45) is 7.13. The number of hydrogen-bond acceptors (Lipinski definition) is 3. The highest BCUT2D eigenvalue weighted by Crippen LogP contribution is 2.45. The molecule has 2 fully saturated rings. The van der Waals surface area contributed by atoms with Crippen LogP contribution < -0.4 is 5.32 Å². The van der Waals surface area contributed by atoms with E-state index in [4.69, 9.17) is 9.47 Å². The first-order valence-electron chi connectivity index (χ1n) is 8.77. The summed E-state index contributed by atoms with van der Waals surface area (Å²) in [6, 6.07) is 0. The zero-order valence-electron chi connectivity index (χ0n) is 14.9. The lowest BCUT2D eigenvalue weighted by Gasteiger charge is -2.51. The molecule has 0 radical (unpaired) electrons. The van der Waals surface area contributed by atoms with Gasteiger partial charge in [0.25, 0.3) is 0 Å². The molecule has 0 aromatic carbocycles. The Morgan fingerprint density at radius 1 is 1.14 bits per heavy atom. The molecule has 0 aliphatic carbocycles. The quantitative estimate of drug-likeness (QED) is 0.844. The van der Waals surface area contributed by atoms with Gasteiger partial charge in [-0.3, -0.25) is 0 Å². The summed E-state index contributed by atoms with van der Waals surface area (Å²) in [4.78, 5) is 0. The van der Waals surface area contributed by atoms with Gasteiger partial charge in [-0.1, -0.05) is 13.8 Å². The fraction of sp³-hybridized carbons (Fsp3) is 1.00. The Hall–Kier alpha value is -0.120. The van der Waals surface area contributed by atoms with E-state index in [0.29, 0.717) is 5.92 Å². The zero-order valence-corrected chi connectivity index (χ0v) is 14.9. The van der Waals surface area contributed by atoms with Crippen LogP contribution in [-0.4, -0.2) is 29.6 Å². The lowest BCUT2D eigenvalue weighted by molar-refractivity contribution is -0.345. The predicted octanol–water partition coefficient (Wildman–Crippen LogP) is 4.26. The lowest BCUT2D eigenvalue weighted by atomic mass is 9.81. The van der Waals surface area contributed by atoms with E-state index in [2.05, 4.69) is 46.9 Å². The highest BCUT2D eigenvalue weighted by atomic mass is 16.7. The average molecular weight is 297 g/mol. The molecule has 1 spiro atoms. The topological polar surface area (TPSA) is 30.5 Å². The van der Waals surface area contributed by atoms with E-state index < -0.39 is 0 Å². The fourth-order valence-corrected chi connectivity index (χ4v) is 3.49. The van der Waals surface area contributed by atoms with Crippen LogP contribution in [0.25, 0.3) is 0 Å². The molecule has 2 heterocycles. The Balaban J connectivity index is 1.98. The van der Waals surface area contributed by atoms with Crippen LogP contribution in [0.2, 0.25) is 0 Å². The third-order valence-electron chi connectivity index (χ3n) is 5.20. The average Bonchev–Trinajstić information content (AvgIpc) is 2.35. The second-order valence-corrected chi connectivity index (χ2v) is 8.60. The summed E-state index contributed by atoms with van der Waals surface area (Å²) in [5, 5.41) is 3.58. The smallest absolute Gasteiger partial charge is 0.169 e. The summed E-state index contributed by atoms with van der Waals surface area (Å²) >= 11 is 0. The molecule has 0 saturated carbocycles. The second kappa shape index (κ2) is 6.17. The molecule has 21 heavy (non-hydrogen) atoms. The number of hydrogen-bond donors (Lipinski definition) is 1. The molecule has 2 rings (SSSR count). The van der Waals surface area contributed by atoms with E-state index in [1.165, 1.54) is 12.8 Å². The molecule has 1 N–H and O–H groups in total. The van der Waals surface area contributed by atoms with Crippen molar-refractivity contribution in [3.8, 4) is 0 Å². The number of rotatable bonds is 3. The molecule has 3 unspecified atom stereocenters. The fourth-order valence-electron chi connectivity index (χ4n) is 3.49. The molecule has 124 valence electrons. The highest BCUT2D eigenvalue weighted by Gasteiger charge is 2.47. The highest BCUT2D eigenvalue weighted by molar-refractivity contribution is 4.91. The standard InChI is InChI=1S/C18H35NO2/c1-14(2)17(6)10-8-12-18(21-17)11-7-9-15(20-18)13-19-16(3,4)5/h14-15,19H,7-13H2,1-6H3. The van der Waals surface area contributed by atoms with Gasteiger partial charge >= 0.3 is 0 Å². The molecule has 0 aromatic heterocycles. The van der Waals surface area contributed by atoms with Gasteiger partial charge in [0.05, 0.1) is 11.7 Å². The first-order valence-corrected chi connectivity index (χ1v) is 8.77. The van der Waals surface area contributed by atoms with Gasteiger partial charge in [-0.2, -0.15) is 0 Å². The second-order valence-electron chi connectivity index (χ2n) is 8.60. The van der Waals surface area contributed by atoms with Crippen LogP contribution >= 0.6 is 0 Å². The summed E-state index contributed by atoms with van der Waals surface area (Å²) < 4.78 is 13.0. The van der Waals surface area contributed by atoms with Crippen LogP contribution in [0.15, 0.2) is 0 Å². The zero-order chi connectivity index (χ0) is 15.7. The van der Waals surface area contributed by atoms with Crippen LogP contribution in [-0.2, 0) is 9.47 Å². The van der Waals surface area contributed by atoms with Gasteiger partial charge in [-0.05, 0) is 59.3 Å². The van der Waals surface area contributed by atoms with Crippen molar-refractivity contribution in [1.82, 2.24) is 5.32 Å². The largest absolute Gasteiger partial charge is 0.345 e. The SMILES string of the molecule is CC(C)C1(C)CCCC2(CCCC(CNC(C)(C)C)O2)O1. The molecule has 0 bridgehead atoms. The van der Waals surface area contributed by atoms with Gasteiger partial charge in [-0.15, -0.1) is 0 Å². The Bertz CT molecular complexity index is 346. The van der Waals surface area contributed by atoms with E-state index in [0.717, 1.165) is 32.2 Å². The normalized spacial score (nSPS) is 38.1. The summed E-state index contributed by atoms with van der Waals surface area (Å²) in [5.41, 5.74) is 0.117. The van der Waals surface area contributed by atoms with Crippen molar-refractivity contribution in [3.63, 3.8) is 0 Å². The minimum Gasteiger partial charge on any atom is -0.345 e. The maximum Gasteiger partial charge on any atom is 0.169 e. The van der Waals surface area contributed by atoms with Crippen molar-refractivity contribution in [1.29, 1.82) is 0 Å². The Morgan fingerprint density at radius 2 is 1.81 bits per heavy atom. The van der Waals surface area contributed by atoms with Crippen molar-refractivity contribution in [2.24, 2.45) is 5.92 Å². The molecule has 3 nitrogen and oxygen atoms in total. The third kappa shape index (κ3) is 4.43. The van der Waals surface area contributed by atoms with Gasteiger partial charge in [0.1, 0.15) is 0 Å². The molecule has 2 saturated heterocycles. The Kier molecular flexibility index (Phi) is 5.07. The van der Waals surface area contributed by atoms with Crippen molar-refractivity contribution < 1.29 is 9.47 Å². The summed E-state index contributed by atoms with van der Waals surface area (Å²) in [6.45, 7) is 14.3. The van der Waals surface area contributed by atoms with E-state index >= 15 is 0 Å². The molecule has 0 aromatic rings. The molecular formula is C18H35NO2. The van der Waals surface area contributed by atoms with E-state index in [1.54, 1.807) is 0 Å². The Labute approximate surface area is 131 Å². The van der Waals surface area contributed by atoms with Crippen LogP contribution in [0.5, 0.6) is 0 Å². The molecular weight excluding hydrogens is 262 g/mol. The van der Waals surface area contributed by atoms with Crippen molar-refractivity contribution in [2.75, 3.05) is 6.54 Å². The monoisotopic (exact) mass is 297 g/mol. The maximum absolute atomic E-state index is 6.58. The van der Waals surface area contributed by atoms with E-state index in [-0.39, 0.29) is 23.0 Å². The van der Waals surface area contributed by atoms with Crippen LogP contribution in [0.1, 0.15) is 80.1 Å². The number of ether oxygens (including phenoxy) is 2. The van der Waals surface area contributed by atoms with Crippen molar-refractivity contribution in [3.05, 3.63) is 0 Å². The first-order chi connectivity index (χ1) is 9.64. The van der Waals surface area contributed by atoms with Crippen LogP contribution in [0.3, 0.4) is 0 Å². The minimum atomic E-state index is -0.320. The number of nitrogens with one attached hydrogen (secondary N) is 1. The van der Waals surface area contributed by atoms with Crippen molar-refractivity contribution >= 4 is 0 Å². The van der Waals surface area contributed by atoms with Crippen molar-refractivity contribution in [2.45, 2.75) is 103 Å². The van der Waals surface area contributed by atoms with Crippen LogP contribution in [0.4, 0.5) is 0 Å². The Morgan fingerprint density at radius 3 is 2.43 bits per heavy atom. The molecule has 2 aliphatic rings. The molecule has 3 heteroatoms. The van der Waals surface area contributed by atoms with Crippen LogP contribution in [0, 0.1) is 5.92 Å².